The SMILES string of the molecule is CCC(CC)N(C)C(=O)N[C@H](CC(=O)O)C(=O)O. The molecule has 1 atom stereocenters. The summed E-state index contributed by atoms with van der Waals surface area (Å²) in [4.78, 5) is 34.4. The molecule has 3 N–H and O–H groups in total. The molecule has 7 nitrogen and oxygen atoms in total. The van der Waals surface area contributed by atoms with E-state index in [1.54, 1.807) is 7.05 Å². The van der Waals surface area contributed by atoms with E-state index in [9.17, 15) is 14.4 Å². The number of aliphatic carboxylic acids is 2. The molecule has 0 aliphatic carbocycles. The van der Waals surface area contributed by atoms with Gasteiger partial charge in [-0.15, -0.1) is 0 Å². The van der Waals surface area contributed by atoms with Gasteiger partial charge in [0.2, 0.25) is 0 Å². The number of amides is 2. The molecule has 104 valence electrons. The van der Waals surface area contributed by atoms with Crippen LogP contribution in [0.25, 0.3) is 0 Å². The van der Waals surface area contributed by atoms with E-state index in [0.29, 0.717) is 0 Å². The summed E-state index contributed by atoms with van der Waals surface area (Å²) in [6.45, 7) is 3.84. The van der Waals surface area contributed by atoms with Gasteiger partial charge >= 0.3 is 18.0 Å². The molecule has 0 aromatic rings. The second kappa shape index (κ2) is 7.52. The first-order chi connectivity index (χ1) is 8.33. The third kappa shape index (κ3) is 5.03. The fourth-order valence-electron chi connectivity index (χ4n) is 1.63. The van der Waals surface area contributed by atoms with Crippen molar-refractivity contribution in [1.82, 2.24) is 10.2 Å². The summed E-state index contributed by atoms with van der Waals surface area (Å²) in [5.74, 6) is -2.63. The molecule has 0 aliphatic heterocycles. The molecule has 18 heavy (non-hydrogen) atoms. The van der Waals surface area contributed by atoms with Gasteiger partial charge in [-0.1, -0.05) is 13.8 Å². The number of hydrogen-bond acceptors (Lipinski definition) is 3. The lowest BCUT2D eigenvalue weighted by molar-refractivity contribution is -0.145. The fourth-order valence-corrected chi connectivity index (χ4v) is 1.63. The van der Waals surface area contributed by atoms with Crippen LogP contribution in [-0.4, -0.2) is 52.2 Å². The average molecular weight is 260 g/mol. The lowest BCUT2D eigenvalue weighted by Gasteiger charge is -2.27. The van der Waals surface area contributed by atoms with Gasteiger partial charge in [0.1, 0.15) is 6.04 Å². The number of hydrogen-bond donors (Lipinski definition) is 3. The molecule has 0 heterocycles. The van der Waals surface area contributed by atoms with Crippen LogP contribution in [0, 0.1) is 0 Å². The van der Waals surface area contributed by atoms with Crippen LogP contribution in [0.2, 0.25) is 0 Å². The third-order valence-electron chi connectivity index (χ3n) is 2.79. The zero-order valence-corrected chi connectivity index (χ0v) is 10.8. The Morgan fingerprint density at radius 3 is 2.00 bits per heavy atom. The number of carbonyl (C=O) groups excluding carboxylic acids is 1. The van der Waals surface area contributed by atoms with Crippen molar-refractivity contribution in [2.24, 2.45) is 0 Å². The Kier molecular flexibility index (Phi) is 6.77. The molecule has 0 spiro atoms. The predicted octanol–water partition coefficient (Wildman–Crippen LogP) is 0.744. The van der Waals surface area contributed by atoms with Crippen LogP contribution in [0.4, 0.5) is 4.79 Å². The van der Waals surface area contributed by atoms with E-state index in [2.05, 4.69) is 5.32 Å². The minimum Gasteiger partial charge on any atom is -0.481 e. The van der Waals surface area contributed by atoms with Crippen molar-refractivity contribution in [2.45, 2.75) is 45.2 Å². The lowest BCUT2D eigenvalue weighted by atomic mass is 10.1. The van der Waals surface area contributed by atoms with Crippen molar-refractivity contribution in [3.8, 4) is 0 Å². The zero-order valence-electron chi connectivity index (χ0n) is 10.8. The number of carboxylic acids is 2. The summed E-state index contributed by atoms with van der Waals surface area (Å²) in [5, 5.41) is 19.6. The summed E-state index contributed by atoms with van der Waals surface area (Å²) >= 11 is 0. The van der Waals surface area contributed by atoms with E-state index in [1.165, 1.54) is 4.90 Å². The largest absolute Gasteiger partial charge is 0.481 e. The maximum absolute atomic E-state index is 11.8. The first-order valence-electron chi connectivity index (χ1n) is 5.81. The molecule has 0 radical (unpaired) electrons. The van der Waals surface area contributed by atoms with E-state index in [0.717, 1.165) is 12.8 Å². The summed E-state index contributed by atoms with van der Waals surface area (Å²) in [6, 6.07) is -1.98. The molecular formula is C11H20N2O5. The van der Waals surface area contributed by atoms with E-state index >= 15 is 0 Å². The Bertz CT molecular complexity index is 315. The first kappa shape index (κ1) is 16.2. The van der Waals surface area contributed by atoms with Crippen molar-refractivity contribution >= 4 is 18.0 Å². The Morgan fingerprint density at radius 2 is 1.67 bits per heavy atom. The van der Waals surface area contributed by atoms with E-state index in [4.69, 9.17) is 10.2 Å². The van der Waals surface area contributed by atoms with Crippen LogP contribution >= 0.6 is 0 Å². The second-order valence-electron chi connectivity index (χ2n) is 4.02. The maximum atomic E-state index is 11.8. The van der Waals surface area contributed by atoms with Crippen molar-refractivity contribution in [1.29, 1.82) is 0 Å². The molecule has 0 aliphatic rings. The Hall–Kier alpha value is -1.79. The maximum Gasteiger partial charge on any atom is 0.326 e. The Morgan fingerprint density at radius 1 is 1.17 bits per heavy atom. The van der Waals surface area contributed by atoms with E-state index < -0.39 is 30.4 Å². The van der Waals surface area contributed by atoms with Crippen molar-refractivity contribution in [2.75, 3.05) is 7.05 Å². The van der Waals surface area contributed by atoms with Crippen LogP contribution in [-0.2, 0) is 9.59 Å². The van der Waals surface area contributed by atoms with Gasteiger partial charge in [0.25, 0.3) is 0 Å². The molecule has 0 aromatic heterocycles. The Balaban J connectivity index is 4.59. The molecule has 0 rings (SSSR count). The number of nitrogens with one attached hydrogen (secondary N) is 1. The molecule has 0 saturated heterocycles. The van der Waals surface area contributed by atoms with Gasteiger partial charge in [-0.25, -0.2) is 9.59 Å². The van der Waals surface area contributed by atoms with Crippen molar-refractivity contribution < 1.29 is 24.6 Å². The molecule has 0 fully saturated rings. The quantitative estimate of drug-likeness (QED) is 0.626. The van der Waals surface area contributed by atoms with Gasteiger partial charge in [0.05, 0.1) is 6.42 Å². The van der Waals surface area contributed by atoms with Gasteiger partial charge in [-0.05, 0) is 12.8 Å². The van der Waals surface area contributed by atoms with Crippen LogP contribution in [0.15, 0.2) is 0 Å². The lowest BCUT2D eigenvalue weighted by Crippen LogP contribution is -2.50. The molecule has 0 aromatic carbocycles. The monoisotopic (exact) mass is 260 g/mol. The smallest absolute Gasteiger partial charge is 0.326 e. The standard InChI is InChI=1S/C11H20N2O5/c1-4-7(5-2)13(3)11(18)12-8(10(16)17)6-9(14)15/h7-8H,4-6H2,1-3H3,(H,12,18)(H,14,15)(H,16,17)/t8-/m1/s1. The number of nitrogens with zero attached hydrogens (tertiary/aromatic N) is 1. The van der Waals surface area contributed by atoms with Gasteiger partial charge in [-0.2, -0.15) is 0 Å². The summed E-state index contributed by atoms with van der Waals surface area (Å²) in [7, 11) is 1.56. The third-order valence-corrected chi connectivity index (χ3v) is 2.79. The van der Waals surface area contributed by atoms with Gasteiger partial charge in [0.15, 0.2) is 0 Å². The highest BCUT2D eigenvalue weighted by Gasteiger charge is 2.26. The van der Waals surface area contributed by atoms with Crippen LogP contribution < -0.4 is 5.32 Å². The number of carbonyl (C=O) groups is 3. The summed E-state index contributed by atoms with van der Waals surface area (Å²) in [5.41, 5.74) is 0. The van der Waals surface area contributed by atoms with Crippen molar-refractivity contribution in [3.63, 3.8) is 0 Å². The van der Waals surface area contributed by atoms with E-state index in [-0.39, 0.29) is 6.04 Å². The minimum atomic E-state index is -1.41. The Labute approximate surface area is 106 Å². The predicted molar refractivity (Wildman–Crippen MR) is 64.3 cm³/mol. The topological polar surface area (TPSA) is 107 Å². The number of rotatable bonds is 7. The number of carboxylic acid groups (broad SMARTS) is 2. The molecule has 0 unspecified atom stereocenters. The molecule has 0 bridgehead atoms. The minimum absolute atomic E-state index is 0.00396. The van der Waals surface area contributed by atoms with E-state index in [1.807, 2.05) is 13.8 Å². The second-order valence-corrected chi connectivity index (χ2v) is 4.02. The van der Waals surface area contributed by atoms with Crippen LogP contribution in [0.3, 0.4) is 0 Å². The van der Waals surface area contributed by atoms with Crippen LogP contribution in [0.1, 0.15) is 33.1 Å². The first-order valence-corrected chi connectivity index (χ1v) is 5.81. The molecule has 0 saturated carbocycles. The molecule has 2 amide bonds. The van der Waals surface area contributed by atoms with Crippen LogP contribution in [0.5, 0.6) is 0 Å². The summed E-state index contributed by atoms with van der Waals surface area (Å²) < 4.78 is 0. The molecular weight excluding hydrogens is 240 g/mol. The fraction of sp³-hybridized carbons (Fsp3) is 0.727. The number of urea groups is 1. The molecule has 7 heteroatoms. The highest BCUT2D eigenvalue weighted by Crippen LogP contribution is 2.06. The van der Waals surface area contributed by atoms with Gasteiger partial charge in [0, 0.05) is 13.1 Å². The zero-order chi connectivity index (χ0) is 14.3. The van der Waals surface area contributed by atoms with Crippen molar-refractivity contribution in [3.05, 3.63) is 0 Å². The highest BCUT2D eigenvalue weighted by atomic mass is 16.4. The van der Waals surface area contributed by atoms with Gasteiger partial charge in [-0.3, -0.25) is 4.79 Å². The summed E-state index contributed by atoms with van der Waals surface area (Å²) in [6.07, 6.45) is 0.853. The average Bonchev–Trinajstić information content (AvgIpc) is 2.28. The highest BCUT2D eigenvalue weighted by molar-refractivity contribution is 5.86. The van der Waals surface area contributed by atoms with Gasteiger partial charge < -0.3 is 20.4 Å². The normalized spacial score (nSPS) is 12.0.